The molecule has 0 saturated carbocycles. The Kier molecular flexibility index (Phi) is 7.69. The summed E-state index contributed by atoms with van der Waals surface area (Å²) in [6.07, 6.45) is 4.77. The fourth-order valence-electron chi connectivity index (χ4n) is 2.11. The Morgan fingerprint density at radius 2 is 2.06 bits per heavy atom. The largest absolute Gasteiger partial charge is 0.341 e. The fourth-order valence-corrected chi connectivity index (χ4v) is 2.75. The molecule has 3 nitrogen and oxygen atoms in total. The van der Waals surface area contributed by atoms with Crippen LogP contribution in [0.3, 0.4) is 0 Å². The zero-order chi connectivity index (χ0) is 12.5. The van der Waals surface area contributed by atoms with Gasteiger partial charge in [0.1, 0.15) is 0 Å². The Morgan fingerprint density at radius 1 is 1.35 bits per heavy atom. The van der Waals surface area contributed by atoms with E-state index >= 15 is 0 Å². The topological polar surface area (TPSA) is 32.3 Å². The number of likely N-dealkylation sites (tertiary alicyclic amines) is 1. The smallest absolute Gasteiger partial charge is 0.239 e. The summed E-state index contributed by atoms with van der Waals surface area (Å²) in [5.74, 6) is 2.66. The number of rotatable bonds is 7. The third-order valence-corrected chi connectivity index (χ3v) is 4.14. The molecule has 0 spiro atoms. The maximum atomic E-state index is 12.1. The van der Waals surface area contributed by atoms with Crippen molar-refractivity contribution >= 4 is 17.7 Å². The summed E-state index contributed by atoms with van der Waals surface area (Å²) >= 11 is 1.96. The highest BCUT2D eigenvalue weighted by Crippen LogP contribution is 2.10. The molecule has 1 rings (SSSR count). The van der Waals surface area contributed by atoms with Crippen molar-refractivity contribution < 1.29 is 4.79 Å². The molecular formula is C13H26N2OS. The summed E-state index contributed by atoms with van der Waals surface area (Å²) in [6.45, 7) is 7.03. The first-order valence-electron chi connectivity index (χ1n) is 6.85. The third kappa shape index (κ3) is 5.77. The van der Waals surface area contributed by atoms with Crippen LogP contribution in [0.25, 0.3) is 0 Å². The molecule has 100 valence electrons. The van der Waals surface area contributed by atoms with E-state index in [1.54, 1.807) is 0 Å². The average Bonchev–Trinajstić information content (AvgIpc) is 2.38. The van der Waals surface area contributed by atoms with Crippen LogP contribution in [-0.4, -0.2) is 48.0 Å². The van der Waals surface area contributed by atoms with Crippen molar-refractivity contribution in [3.63, 3.8) is 0 Å². The van der Waals surface area contributed by atoms with E-state index in [0.717, 1.165) is 26.1 Å². The second kappa shape index (κ2) is 8.81. The molecule has 1 N–H and O–H groups in total. The van der Waals surface area contributed by atoms with Gasteiger partial charge in [0.25, 0.3) is 0 Å². The highest BCUT2D eigenvalue weighted by molar-refractivity contribution is 7.99. The van der Waals surface area contributed by atoms with Crippen LogP contribution in [0.4, 0.5) is 0 Å². The number of carbonyl (C=O) groups excluding carboxylic acids is 1. The second-order valence-electron chi connectivity index (χ2n) is 4.61. The van der Waals surface area contributed by atoms with Crippen LogP contribution in [0.5, 0.6) is 0 Å². The van der Waals surface area contributed by atoms with Crippen LogP contribution in [0, 0.1) is 0 Å². The first-order valence-corrected chi connectivity index (χ1v) is 8.01. The molecule has 0 aromatic carbocycles. The van der Waals surface area contributed by atoms with E-state index in [-0.39, 0.29) is 11.9 Å². The maximum Gasteiger partial charge on any atom is 0.239 e. The molecule has 17 heavy (non-hydrogen) atoms. The minimum absolute atomic E-state index is 0.0141. The fraction of sp³-hybridized carbons (Fsp3) is 0.923. The number of nitrogens with one attached hydrogen (secondary N) is 1. The molecule has 0 aromatic rings. The van der Waals surface area contributed by atoms with Crippen molar-refractivity contribution in [3.8, 4) is 0 Å². The van der Waals surface area contributed by atoms with Crippen LogP contribution in [-0.2, 0) is 4.79 Å². The van der Waals surface area contributed by atoms with E-state index < -0.39 is 0 Å². The van der Waals surface area contributed by atoms with E-state index in [0.29, 0.717) is 0 Å². The standard InChI is InChI=1S/C13H26N2OS/c1-3-17-11-7-8-14-12(2)13(16)15-9-5-4-6-10-15/h12,14H,3-11H2,1-2H3. The summed E-state index contributed by atoms with van der Waals surface area (Å²) in [7, 11) is 0. The van der Waals surface area contributed by atoms with E-state index in [1.807, 2.05) is 23.6 Å². The van der Waals surface area contributed by atoms with Gasteiger partial charge in [0, 0.05) is 13.1 Å². The molecule has 0 bridgehead atoms. The van der Waals surface area contributed by atoms with E-state index in [1.165, 1.54) is 30.8 Å². The Bertz CT molecular complexity index is 217. The molecular weight excluding hydrogens is 232 g/mol. The summed E-state index contributed by atoms with van der Waals surface area (Å²) in [5, 5.41) is 3.33. The van der Waals surface area contributed by atoms with E-state index in [9.17, 15) is 4.79 Å². The number of amides is 1. The molecule has 0 aliphatic carbocycles. The number of nitrogens with zero attached hydrogens (tertiary/aromatic N) is 1. The van der Waals surface area contributed by atoms with Crippen LogP contribution in [0.2, 0.25) is 0 Å². The van der Waals surface area contributed by atoms with Gasteiger partial charge in [0.05, 0.1) is 6.04 Å². The average molecular weight is 258 g/mol. The van der Waals surface area contributed by atoms with E-state index in [2.05, 4.69) is 12.2 Å². The molecule has 1 aliphatic heterocycles. The van der Waals surface area contributed by atoms with Gasteiger partial charge in [-0.3, -0.25) is 4.79 Å². The van der Waals surface area contributed by atoms with Gasteiger partial charge in [-0.1, -0.05) is 6.92 Å². The third-order valence-electron chi connectivity index (χ3n) is 3.16. The lowest BCUT2D eigenvalue weighted by molar-refractivity contribution is -0.133. The predicted molar refractivity (Wildman–Crippen MR) is 75.5 cm³/mol. The van der Waals surface area contributed by atoms with E-state index in [4.69, 9.17) is 0 Å². The monoisotopic (exact) mass is 258 g/mol. The minimum atomic E-state index is -0.0141. The first kappa shape index (κ1) is 14.8. The lowest BCUT2D eigenvalue weighted by Gasteiger charge is -2.29. The lowest BCUT2D eigenvalue weighted by Crippen LogP contribution is -2.47. The van der Waals surface area contributed by atoms with Crippen LogP contribution < -0.4 is 5.32 Å². The maximum absolute atomic E-state index is 12.1. The lowest BCUT2D eigenvalue weighted by atomic mass is 10.1. The Morgan fingerprint density at radius 3 is 2.71 bits per heavy atom. The molecule has 1 unspecified atom stereocenters. The highest BCUT2D eigenvalue weighted by Gasteiger charge is 2.21. The Balaban J connectivity index is 2.12. The summed E-state index contributed by atoms with van der Waals surface area (Å²) < 4.78 is 0. The molecule has 1 atom stereocenters. The van der Waals surface area contributed by atoms with Crippen molar-refractivity contribution in [3.05, 3.63) is 0 Å². The van der Waals surface area contributed by atoms with Gasteiger partial charge in [-0.25, -0.2) is 0 Å². The van der Waals surface area contributed by atoms with Crippen LogP contribution in [0.15, 0.2) is 0 Å². The zero-order valence-electron chi connectivity index (χ0n) is 11.2. The molecule has 4 heteroatoms. The van der Waals surface area contributed by atoms with Crippen molar-refractivity contribution in [1.82, 2.24) is 10.2 Å². The summed E-state index contributed by atoms with van der Waals surface area (Å²) in [4.78, 5) is 14.1. The van der Waals surface area contributed by atoms with Crippen molar-refractivity contribution in [1.29, 1.82) is 0 Å². The van der Waals surface area contributed by atoms with Gasteiger partial charge < -0.3 is 10.2 Å². The predicted octanol–water partition coefficient (Wildman–Crippen LogP) is 2.12. The van der Waals surface area contributed by atoms with Crippen LogP contribution in [0.1, 0.15) is 39.5 Å². The minimum Gasteiger partial charge on any atom is -0.341 e. The van der Waals surface area contributed by atoms with Gasteiger partial charge in [0.2, 0.25) is 5.91 Å². The first-order chi connectivity index (χ1) is 8.25. The molecule has 0 aromatic heterocycles. The highest BCUT2D eigenvalue weighted by atomic mass is 32.2. The molecule has 1 amide bonds. The van der Waals surface area contributed by atoms with Gasteiger partial charge in [-0.2, -0.15) is 11.8 Å². The second-order valence-corrected chi connectivity index (χ2v) is 6.01. The van der Waals surface area contributed by atoms with Gasteiger partial charge in [-0.15, -0.1) is 0 Å². The number of carbonyl (C=O) groups is 1. The summed E-state index contributed by atoms with van der Waals surface area (Å²) in [6, 6.07) is -0.0141. The number of hydrogen-bond donors (Lipinski definition) is 1. The molecule has 0 radical (unpaired) electrons. The summed E-state index contributed by atoms with van der Waals surface area (Å²) in [5.41, 5.74) is 0. The number of thioether (sulfide) groups is 1. The SMILES string of the molecule is CCSCCCNC(C)C(=O)N1CCCCC1. The van der Waals surface area contributed by atoms with Gasteiger partial charge in [0.15, 0.2) is 0 Å². The Hall–Kier alpha value is -0.220. The molecule has 1 aliphatic rings. The molecule has 1 fully saturated rings. The van der Waals surface area contributed by atoms with Crippen molar-refractivity contribution in [2.75, 3.05) is 31.1 Å². The number of hydrogen-bond acceptors (Lipinski definition) is 3. The zero-order valence-corrected chi connectivity index (χ0v) is 12.0. The Labute approximate surface area is 110 Å². The van der Waals surface area contributed by atoms with Gasteiger partial charge >= 0.3 is 0 Å². The normalized spacial score (nSPS) is 18.1. The number of piperidine rings is 1. The van der Waals surface area contributed by atoms with Gasteiger partial charge in [-0.05, 0) is 50.7 Å². The molecule has 1 saturated heterocycles. The quantitative estimate of drug-likeness (QED) is 0.710. The molecule has 1 heterocycles. The van der Waals surface area contributed by atoms with Crippen LogP contribution >= 0.6 is 11.8 Å². The van der Waals surface area contributed by atoms with Crippen molar-refractivity contribution in [2.45, 2.75) is 45.6 Å². The van der Waals surface area contributed by atoms with Crippen molar-refractivity contribution in [2.24, 2.45) is 0 Å².